The van der Waals surface area contributed by atoms with Gasteiger partial charge in [-0.15, -0.1) is 0 Å². The van der Waals surface area contributed by atoms with E-state index in [1.54, 1.807) is 0 Å². The first-order valence-corrected chi connectivity index (χ1v) is 8.60. The second kappa shape index (κ2) is 7.84. The SMILES string of the molecule is CCC(CSC)N(C)CC(=O)c1cc(C)c(C)cc1C. The smallest absolute Gasteiger partial charge is 0.177 e. The minimum atomic E-state index is 0.229. The molecule has 1 aromatic rings. The molecule has 0 heterocycles. The molecule has 1 unspecified atom stereocenters. The fraction of sp³-hybridized carbons (Fsp3) is 0.588. The molecule has 0 aliphatic heterocycles. The Morgan fingerprint density at radius 3 is 2.35 bits per heavy atom. The predicted molar refractivity (Wildman–Crippen MR) is 90.1 cm³/mol. The Morgan fingerprint density at radius 1 is 1.20 bits per heavy atom. The van der Waals surface area contributed by atoms with Crippen LogP contribution in [-0.2, 0) is 0 Å². The third-order valence-corrected chi connectivity index (χ3v) is 4.71. The summed E-state index contributed by atoms with van der Waals surface area (Å²) < 4.78 is 0. The number of thioether (sulfide) groups is 1. The molecule has 0 amide bonds. The van der Waals surface area contributed by atoms with Gasteiger partial charge in [0.2, 0.25) is 0 Å². The zero-order chi connectivity index (χ0) is 15.3. The van der Waals surface area contributed by atoms with Gasteiger partial charge in [-0.25, -0.2) is 0 Å². The van der Waals surface area contributed by atoms with Crippen molar-refractivity contribution in [2.75, 3.05) is 25.6 Å². The third kappa shape index (κ3) is 4.35. The summed E-state index contributed by atoms with van der Waals surface area (Å²) in [5.41, 5.74) is 4.40. The lowest BCUT2D eigenvalue weighted by molar-refractivity contribution is 0.0924. The fourth-order valence-electron chi connectivity index (χ4n) is 2.45. The van der Waals surface area contributed by atoms with Crippen LogP contribution in [0.1, 0.15) is 40.4 Å². The molecule has 0 N–H and O–H groups in total. The Kier molecular flexibility index (Phi) is 6.77. The number of benzene rings is 1. The predicted octanol–water partition coefficient (Wildman–Crippen LogP) is 3.87. The van der Waals surface area contributed by atoms with E-state index >= 15 is 0 Å². The second-order valence-electron chi connectivity index (χ2n) is 5.61. The van der Waals surface area contributed by atoms with E-state index in [2.05, 4.69) is 45.0 Å². The van der Waals surface area contributed by atoms with Crippen molar-refractivity contribution < 1.29 is 4.79 Å². The van der Waals surface area contributed by atoms with E-state index in [1.807, 2.05) is 24.8 Å². The van der Waals surface area contributed by atoms with Crippen LogP contribution in [0.15, 0.2) is 12.1 Å². The largest absolute Gasteiger partial charge is 0.295 e. The topological polar surface area (TPSA) is 20.3 Å². The Bertz CT molecular complexity index is 470. The van der Waals surface area contributed by atoms with Crippen molar-refractivity contribution in [1.82, 2.24) is 4.90 Å². The van der Waals surface area contributed by atoms with Gasteiger partial charge in [-0.05, 0) is 63.3 Å². The quantitative estimate of drug-likeness (QED) is 0.712. The van der Waals surface area contributed by atoms with Crippen molar-refractivity contribution in [1.29, 1.82) is 0 Å². The molecule has 1 aromatic carbocycles. The number of aryl methyl sites for hydroxylation is 3. The van der Waals surface area contributed by atoms with Gasteiger partial charge in [0.05, 0.1) is 6.54 Å². The minimum Gasteiger partial charge on any atom is -0.295 e. The Hall–Kier alpha value is -0.800. The molecule has 0 bridgehead atoms. The van der Waals surface area contributed by atoms with E-state index in [0.29, 0.717) is 12.6 Å². The van der Waals surface area contributed by atoms with Gasteiger partial charge in [0.1, 0.15) is 0 Å². The van der Waals surface area contributed by atoms with Crippen molar-refractivity contribution in [3.8, 4) is 0 Å². The molecular weight excluding hydrogens is 266 g/mol. The number of nitrogens with zero attached hydrogens (tertiary/aromatic N) is 1. The molecule has 0 radical (unpaired) electrons. The maximum Gasteiger partial charge on any atom is 0.177 e. The minimum absolute atomic E-state index is 0.229. The monoisotopic (exact) mass is 293 g/mol. The van der Waals surface area contributed by atoms with Crippen LogP contribution in [-0.4, -0.2) is 42.3 Å². The third-order valence-electron chi connectivity index (χ3n) is 3.99. The first-order valence-electron chi connectivity index (χ1n) is 7.20. The molecule has 0 aliphatic carbocycles. The van der Waals surface area contributed by atoms with Crippen LogP contribution in [0.25, 0.3) is 0 Å². The number of hydrogen-bond acceptors (Lipinski definition) is 3. The highest BCUT2D eigenvalue weighted by molar-refractivity contribution is 7.98. The lowest BCUT2D eigenvalue weighted by atomic mass is 9.97. The van der Waals surface area contributed by atoms with Crippen LogP contribution >= 0.6 is 11.8 Å². The molecule has 0 saturated heterocycles. The molecule has 0 fully saturated rings. The number of ketones is 1. The molecule has 0 aliphatic rings. The highest BCUT2D eigenvalue weighted by Crippen LogP contribution is 2.17. The van der Waals surface area contributed by atoms with Crippen molar-refractivity contribution in [3.05, 3.63) is 34.4 Å². The first-order chi connectivity index (χ1) is 9.40. The van der Waals surface area contributed by atoms with Crippen molar-refractivity contribution in [3.63, 3.8) is 0 Å². The van der Waals surface area contributed by atoms with Crippen LogP contribution < -0.4 is 0 Å². The van der Waals surface area contributed by atoms with E-state index in [9.17, 15) is 4.79 Å². The standard InChI is InChI=1S/C17H27NOS/c1-7-15(11-20-6)18(5)10-17(19)16-9-13(3)12(2)8-14(16)4/h8-9,15H,7,10-11H2,1-6H3. The van der Waals surface area contributed by atoms with Gasteiger partial charge < -0.3 is 0 Å². The van der Waals surface area contributed by atoms with Gasteiger partial charge in [-0.1, -0.05) is 13.0 Å². The second-order valence-corrected chi connectivity index (χ2v) is 6.52. The number of carbonyl (C=O) groups is 1. The summed E-state index contributed by atoms with van der Waals surface area (Å²) >= 11 is 1.84. The van der Waals surface area contributed by atoms with Gasteiger partial charge in [-0.3, -0.25) is 9.69 Å². The van der Waals surface area contributed by atoms with Gasteiger partial charge >= 0.3 is 0 Å². The Morgan fingerprint density at radius 2 is 1.80 bits per heavy atom. The molecule has 20 heavy (non-hydrogen) atoms. The Labute approximate surface area is 127 Å². The van der Waals surface area contributed by atoms with Crippen molar-refractivity contribution in [2.24, 2.45) is 0 Å². The van der Waals surface area contributed by atoms with Crippen LogP contribution in [0.3, 0.4) is 0 Å². The average Bonchev–Trinajstić information content (AvgIpc) is 2.39. The zero-order valence-electron chi connectivity index (χ0n) is 13.6. The van der Waals surface area contributed by atoms with E-state index in [4.69, 9.17) is 0 Å². The number of rotatable bonds is 7. The van der Waals surface area contributed by atoms with Gasteiger partial charge in [0.15, 0.2) is 5.78 Å². The van der Waals surface area contributed by atoms with Gasteiger partial charge in [0.25, 0.3) is 0 Å². The summed E-state index contributed by atoms with van der Waals surface area (Å²) in [5, 5.41) is 0. The molecule has 0 saturated carbocycles. The van der Waals surface area contributed by atoms with E-state index in [1.165, 1.54) is 11.1 Å². The molecule has 112 valence electrons. The van der Waals surface area contributed by atoms with Crippen LogP contribution in [0, 0.1) is 20.8 Å². The molecular formula is C17H27NOS. The number of likely N-dealkylation sites (N-methyl/N-ethyl adjacent to an activating group) is 1. The first kappa shape index (κ1) is 17.3. The number of Topliss-reactive ketones (excluding diaryl/α,β-unsaturated/α-hetero) is 1. The summed E-state index contributed by atoms with van der Waals surface area (Å²) in [5.74, 6) is 1.30. The van der Waals surface area contributed by atoms with E-state index in [-0.39, 0.29) is 5.78 Å². The lowest BCUT2D eigenvalue weighted by Gasteiger charge is -2.26. The van der Waals surface area contributed by atoms with Gasteiger partial charge in [0, 0.05) is 17.4 Å². The zero-order valence-corrected chi connectivity index (χ0v) is 14.4. The molecule has 2 nitrogen and oxygen atoms in total. The molecule has 0 aromatic heterocycles. The lowest BCUT2D eigenvalue weighted by Crippen LogP contribution is -2.37. The van der Waals surface area contributed by atoms with Gasteiger partial charge in [-0.2, -0.15) is 11.8 Å². The van der Waals surface area contributed by atoms with Crippen molar-refractivity contribution >= 4 is 17.5 Å². The maximum absolute atomic E-state index is 12.5. The highest BCUT2D eigenvalue weighted by Gasteiger charge is 2.18. The van der Waals surface area contributed by atoms with E-state index < -0.39 is 0 Å². The number of hydrogen-bond donors (Lipinski definition) is 0. The molecule has 3 heteroatoms. The maximum atomic E-state index is 12.5. The summed E-state index contributed by atoms with van der Waals surface area (Å²) in [7, 11) is 2.05. The number of carbonyl (C=O) groups excluding carboxylic acids is 1. The molecule has 0 spiro atoms. The molecule has 1 rings (SSSR count). The summed E-state index contributed by atoms with van der Waals surface area (Å²) in [6.45, 7) is 8.87. The van der Waals surface area contributed by atoms with E-state index in [0.717, 1.165) is 23.3 Å². The molecule has 1 atom stereocenters. The summed E-state index contributed by atoms with van der Waals surface area (Å²) in [4.78, 5) is 14.7. The van der Waals surface area contributed by atoms with Crippen LogP contribution in [0.2, 0.25) is 0 Å². The van der Waals surface area contributed by atoms with Crippen LogP contribution in [0.5, 0.6) is 0 Å². The summed E-state index contributed by atoms with van der Waals surface area (Å²) in [6, 6.07) is 4.62. The van der Waals surface area contributed by atoms with Crippen molar-refractivity contribution in [2.45, 2.75) is 40.2 Å². The Balaban J connectivity index is 2.83. The van der Waals surface area contributed by atoms with Crippen LogP contribution in [0.4, 0.5) is 0 Å². The summed E-state index contributed by atoms with van der Waals surface area (Å²) in [6.07, 6.45) is 3.20. The highest BCUT2D eigenvalue weighted by atomic mass is 32.2. The average molecular weight is 293 g/mol. The fourth-order valence-corrected chi connectivity index (χ4v) is 3.33. The normalized spacial score (nSPS) is 12.8.